The van der Waals surface area contributed by atoms with Crippen LogP contribution in [0.15, 0.2) is 18.2 Å². The molecule has 3 unspecified atom stereocenters. The Morgan fingerprint density at radius 2 is 1.62 bits per heavy atom. The number of hydrogen-bond donors (Lipinski definition) is 4. The molecule has 1 heterocycles. The predicted octanol–water partition coefficient (Wildman–Crippen LogP) is 2.84. The standard InChI is InChI=1S/C19H24F6N4O3/c1-10(11-5-12(18(20,21)22)7-13(6-11)19(23,24)25)32-9-16(2)3-4-17(8-28-16,14(26)30)29-15(27)31/h5-7,10,28H,3-4,8-9H2,1-2H3,(H2,26,30)(H3,27,29,31). The monoisotopic (exact) mass is 470 g/mol. The van der Waals surface area contributed by atoms with Crippen LogP contribution in [0.3, 0.4) is 0 Å². The number of piperidine rings is 1. The first-order valence-corrected chi connectivity index (χ1v) is 9.51. The molecule has 13 heteroatoms. The Hall–Kier alpha value is -2.54. The summed E-state index contributed by atoms with van der Waals surface area (Å²) in [5.74, 6) is -0.802. The molecule has 6 N–H and O–H groups in total. The van der Waals surface area contributed by atoms with E-state index in [9.17, 15) is 35.9 Å². The fraction of sp³-hybridized carbons (Fsp3) is 0.579. The van der Waals surface area contributed by atoms with Crippen molar-refractivity contribution in [2.24, 2.45) is 11.5 Å². The first-order chi connectivity index (χ1) is 14.5. The highest BCUT2D eigenvalue weighted by atomic mass is 19.4. The van der Waals surface area contributed by atoms with Crippen molar-refractivity contribution in [2.75, 3.05) is 13.2 Å². The van der Waals surface area contributed by atoms with Crippen LogP contribution in [0.5, 0.6) is 0 Å². The van der Waals surface area contributed by atoms with Gasteiger partial charge < -0.3 is 26.8 Å². The van der Waals surface area contributed by atoms with E-state index >= 15 is 0 Å². The van der Waals surface area contributed by atoms with Crippen LogP contribution in [-0.2, 0) is 21.9 Å². The van der Waals surface area contributed by atoms with E-state index in [0.717, 1.165) is 0 Å². The van der Waals surface area contributed by atoms with Gasteiger partial charge in [0.2, 0.25) is 5.91 Å². The number of halogens is 6. The highest BCUT2D eigenvalue weighted by molar-refractivity contribution is 5.90. The smallest absolute Gasteiger partial charge is 0.372 e. The number of amides is 3. The predicted molar refractivity (Wildman–Crippen MR) is 101 cm³/mol. The lowest BCUT2D eigenvalue weighted by atomic mass is 9.80. The van der Waals surface area contributed by atoms with Gasteiger partial charge in [0.1, 0.15) is 5.54 Å². The summed E-state index contributed by atoms with van der Waals surface area (Å²) in [7, 11) is 0. The lowest BCUT2D eigenvalue weighted by molar-refractivity contribution is -0.143. The number of urea groups is 1. The van der Waals surface area contributed by atoms with Gasteiger partial charge in [0.05, 0.1) is 23.8 Å². The van der Waals surface area contributed by atoms with Gasteiger partial charge in [0, 0.05) is 12.1 Å². The van der Waals surface area contributed by atoms with Crippen molar-refractivity contribution < 1.29 is 40.7 Å². The Kier molecular flexibility index (Phi) is 7.05. The lowest BCUT2D eigenvalue weighted by Gasteiger charge is -2.44. The molecule has 0 aliphatic carbocycles. The number of ether oxygens (including phenoxy) is 1. The number of rotatable bonds is 6. The average molecular weight is 470 g/mol. The molecule has 1 saturated heterocycles. The second-order valence-electron chi connectivity index (χ2n) is 8.14. The summed E-state index contributed by atoms with van der Waals surface area (Å²) in [6, 6.07) is 0.343. The molecule has 0 bridgehead atoms. The average Bonchev–Trinajstić information content (AvgIpc) is 2.66. The molecule has 0 saturated carbocycles. The summed E-state index contributed by atoms with van der Waals surface area (Å²) < 4.78 is 84.0. The maximum atomic E-state index is 13.1. The fourth-order valence-corrected chi connectivity index (χ4v) is 3.39. The molecule has 32 heavy (non-hydrogen) atoms. The minimum absolute atomic E-state index is 0.0510. The lowest BCUT2D eigenvalue weighted by Crippen LogP contribution is -2.70. The van der Waals surface area contributed by atoms with Gasteiger partial charge in [0.15, 0.2) is 0 Å². The molecule has 3 atom stereocenters. The van der Waals surface area contributed by atoms with Gasteiger partial charge in [-0.05, 0) is 50.5 Å². The number of nitrogens with two attached hydrogens (primary N) is 2. The third kappa shape index (κ3) is 6.03. The quantitative estimate of drug-likeness (QED) is 0.478. The van der Waals surface area contributed by atoms with Gasteiger partial charge in [-0.25, -0.2) is 4.79 Å². The van der Waals surface area contributed by atoms with Crippen LogP contribution in [0, 0.1) is 0 Å². The highest BCUT2D eigenvalue weighted by Crippen LogP contribution is 2.38. The molecule has 1 aromatic carbocycles. The van der Waals surface area contributed by atoms with E-state index in [0.29, 0.717) is 12.1 Å². The van der Waals surface area contributed by atoms with Gasteiger partial charge in [-0.3, -0.25) is 4.79 Å². The molecular weight excluding hydrogens is 446 g/mol. The summed E-state index contributed by atoms with van der Waals surface area (Å²) >= 11 is 0. The molecule has 3 amide bonds. The van der Waals surface area contributed by atoms with Crippen molar-refractivity contribution in [3.05, 3.63) is 34.9 Å². The molecule has 180 valence electrons. The number of hydrogen-bond acceptors (Lipinski definition) is 4. The van der Waals surface area contributed by atoms with E-state index in [1.807, 2.05) is 0 Å². The van der Waals surface area contributed by atoms with Crippen LogP contribution in [-0.4, -0.2) is 36.2 Å². The van der Waals surface area contributed by atoms with Crippen molar-refractivity contribution in [1.29, 1.82) is 0 Å². The van der Waals surface area contributed by atoms with Gasteiger partial charge >= 0.3 is 18.4 Å². The van der Waals surface area contributed by atoms with E-state index in [2.05, 4.69) is 10.6 Å². The molecule has 0 spiro atoms. The fourth-order valence-electron chi connectivity index (χ4n) is 3.39. The number of carbonyl (C=O) groups is 2. The zero-order valence-corrected chi connectivity index (χ0v) is 17.3. The number of carbonyl (C=O) groups excluding carboxylic acids is 2. The van der Waals surface area contributed by atoms with Gasteiger partial charge in [0.25, 0.3) is 0 Å². The van der Waals surface area contributed by atoms with Crippen LogP contribution in [0.25, 0.3) is 0 Å². The van der Waals surface area contributed by atoms with Crippen LogP contribution < -0.4 is 22.1 Å². The Morgan fingerprint density at radius 1 is 1.09 bits per heavy atom. The maximum absolute atomic E-state index is 13.1. The molecule has 1 aliphatic heterocycles. The zero-order valence-electron chi connectivity index (χ0n) is 17.3. The first-order valence-electron chi connectivity index (χ1n) is 9.51. The Balaban J connectivity index is 2.15. The summed E-state index contributed by atoms with van der Waals surface area (Å²) in [5, 5.41) is 5.31. The second kappa shape index (κ2) is 8.77. The van der Waals surface area contributed by atoms with Crippen LogP contribution >= 0.6 is 0 Å². The van der Waals surface area contributed by atoms with E-state index in [1.165, 1.54) is 6.92 Å². The third-order valence-electron chi connectivity index (χ3n) is 5.49. The van der Waals surface area contributed by atoms with Crippen molar-refractivity contribution >= 4 is 11.9 Å². The SMILES string of the molecule is CC(OCC1(C)CCC(NC(N)=O)(C(N)=O)CN1)c1cc(C(F)(F)F)cc(C(F)(F)F)c1. The van der Waals surface area contributed by atoms with E-state index in [-0.39, 0.29) is 37.6 Å². The zero-order chi connectivity index (χ0) is 24.5. The van der Waals surface area contributed by atoms with Crippen LogP contribution in [0.2, 0.25) is 0 Å². The Morgan fingerprint density at radius 3 is 2.00 bits per heavy atom. The topological polar surface area (TPSA) is 119 Å². The largest absolute Gasteiger partial charge is 0.416 e. The first kappa shape index (κ1) is 25.7. The van der Waals surface area contributed by atoms with E-state index in [4.69, 9.17) is 16.2 Å². The molecule has 1 fully saturated rings. The molecular formula is C19H24F6N4O3. The number of benzene rings is 1. The summed E-state index contributed by atoms with van der Waals surface area (Å²) in [6.07, 6.45) is -10.7. The van der Waals surface area contributed by atoms with Crippen molar-refractivity contribution in [3.63, 3.8) is 0 Å². The highest BCUT2D eigenvalue weighted by Gasteiger charge is 2.45. The van der Waals surface area contributed by atoms with Crippen LogP contribution in [0.4, 0.5) is 31.1 Å². The molecule has 2 rings (SSSR count). The third-order valence-corrected chi connectivity index (χ3v) is 5.49. The van der Waals surface area contributed by atoms with Gasteiger partial charge in [-0.1, -0.05) is 0 Å². The van der Waals surface area contributed by atoms with E-state index in [1.54, 1.807) is 6.92 Å². The minimum atomic E-state index is -4.96. The number of nitrogens with one attached hydrogen (secondary N) is 2. The minimum Gasteiger partial charge on any atom is -0.372 e. The number of alkyl halides is 6. The van der Waals surface area contributed by atoms with Crippen LogP contribution in [0.1, 0.15) is 49.5 Å². The summed E-state index contributed by atoms with van der Waals surface area (Å²) in [4.78, 5) is 23.0. The van der Waals surface area contributed by atoms with Gasteiger partial charge in [-0.2, -0.15) is 26.3 Å². The van der Waals surface area contributed by atoms with Crippen molar-refractivity contribution in [1.82, 2.24) is 10.6 Å². The molecule has 1 aliphatic rings. The molecule has 0 aromatic heterocycles. The van der Waals surface area contributed by atoms with Crippen molar-refractivity contribution in [3.8, 4) is 0 Å². The maximum Gasteiger partial charge on any atom is 0.416 e. The normalized spacial score (nSPS) is 25.2. The molecule has 0 radical (unpaired) electrons. The molecule has 1 aromatic rings. The molecule has 7 nitrogen and oxygen atoms in total. The summed E-state index contributed by atoms with van der Waals surface area (Å²) in [5.41, 5.74) is 5.12. The van der Waals surface area contributed by atoms with Gasteiger partial charge in [-0.15, -0.1) is 0 Å². The Labute approximate surface area is 179 Å². The van der Waals surface area contributed by atoms with Crippen molar-refractivity contribution in [2.45, 2.75) is 56.2 Å². The van der Waals surface area contributed by atoms with E-state index < -0.39 is 52.6 Å². The second-order valence-corrected chi connectivity index (χ2v) is 8.14. The Bertz CT molecular complexity index is 831. The number of primary amides is 2. The summed E-state index contributed by atoms with van der Waals surface area (Å²) in [6.45, 7) is 2.85.